The standard InChI is InChI=1S/C16H26N2O/c1-12(16(2,3)4)11-18-15(19)9-13-5-7-14(10-17)8-6-13/h5-8,12H,9-11,17H2,1-4H3,(H,18,19). The van der Waals surface area contributed by atoms with E-state index in [0.717, 1.165) is 17.7 Å². The van der Waals surface area contributed by atoms with E-state index in [-0.39, 0.29) is 11.3 Å². The van der Waals surface area contributed by atoms with Gasteiger partial charge in [0.1, 0.15) is 0 Å². The van der Waals surface area contributed by atoms with Crippen molar-refractivity contribution in [3.8, 4) is 0 Å². The molecule has 0 spiro atoms. The van der Waals surface area contributed by atoms with Gasteiger partial charge in [0.05, 0.1) is 6.42 Å². The van der Waals surface area contributed by atoms with Crippen molar-refractivity contribution in [3.63, 3.8) is 0 Å². The summed E-state index contributed by atoms with van der Waals surface area (Å²) in [5.41, 5.74) is 7.88. The maximum absolute atomic E-state index is 11.9. The molecular formula is C16H26N2O. The molecule has 0 saturated carbocycles. The van der Waals surface area contributed by atoms with E-state index in [2.05, 4.69) is 33.0 Å². The maximum Gasteiger partial charge on any atom is 0.224 e. The first-order chi connectivity index (χ1) is 8.82. The van der Waals surface area contributed by atoms with Gasteiger partial charge in [-0.1, -0.05) is 52.0 Å². The third-order valence-electron chi connectivity index (χ3n) is 3.71. The van der Waals surface area contributed by atoms with Crippen molar-refractivity contribution in [1.82, 2.24) is 5.32 Å². The van der Waals surface area contributed by atoms with E-state index < -0.39 is 0 Å². The van der Waals surface area contributed by atoms with Crippen LogP contribution in [0.3, 0.4) is 0 Å². The van der Waals surface area contributed by atoms with Crippen LogP contribution in [0.25, 0.3) is 0 Å². The first-order valence-corrected chi connectivity index (χ1v) is 6.87. The van der Waals surface area contributed by atoms with Crippen molar-refractivity contribution in [1.29, 1.82) is 0 Å². The molecule has 3 nitrogen and oxygen atoms in total. The van der Waals surface area contributed by atoms with Gasteiger partial charge in [-0.3, -0.25) is 4.79 Å². The fraction of sp³-hybridized carbons (Fsp3) is 0.562. The van der Waals surface area contributed by atoms with Crippen LogP contribution in [0.1, 0.15) is 38.8 Å². The van der Waals surface area contributed by atoms with Gasteiger partial charge in [-0.25, -0.2) is 0 Å². The number of nitrogens with one attached hydrogen (secondary N) is 1. The average Bonchev–Trinajstić information content (AvgIpc) is 2.35. The molecule has 19 heavy (non-hydrogen) atoms. The largest absolute Gasteiger partial charge is 0.356 e. The van der Waals surface area contributed by atoms with Crippen LogP contribution >= 0.6 is 0 Å². The van der Waals surface area contributed by atoms with E-state index >= 15 is 0 Å². The molecule has 0 bridgehead atoms. The molecule has 1 unspecified atom stereocenters. The first kappa shape index (κ1) is 15.7. The summed E-state index contributed by atoms with van der Waals surface area (Å²) in [7, 11) is 0. The Kier molecular flexibility index (Phi) is 5.55. The van der Waals surface area contributed by atoms with E-state index in [1.54, 1.807) is 0 Å². The normalized spacial score (nSPS) is 13.1. The molecule has 1 aromatic carbocycles. The van der Waals surface area contributed by atoms with Gasteiger partial charge < -0.3 is 11.1 Å². The number of hydrogen-bond acceptors (Lipinski definition) is 2. The lowest BCUT2D eigenvalue weighted by Crippen LogP contribution is -2.34. The smallest absolute Gasteiger partial charge is 0.224 e. The summed E-state index contributed by atoms with van der Waals surface area (Å²) in [4.78, 5) is 11.9. The SMILES string of the molecule is CC(CNC(=O)Cc1ccc(CN)cc1)C(C)(C)C. The molecule has 0 aromatic heterocycles. The number of rotatable bonds is 5. The lowest BCUT2D eigenvalue weighted by atomic mass is 9.82. The highest BCUT2D eigenvalue weighted by Gasteiger charge is 2.20. The molecule has 0 aliphatic rings. The quantitative estimate of drug-likeness (QED) is 0.856. The first-order valence-electron chi connectivity index (χ1n) is 6.87. The van der Waals surface area contributed by atoms with Crippen molar-refractivity contribution in [3.05, 3.63) is 35.4 Å². The van der Waals surface area contributed by atoms with Crippen LogP contribution in [0.15, 0.2) is 24.3 Å². The van der Waals surface area contributed by atoms with Crippen molar-refractivity contribution in [2.75, 3.05) is 6.54 Å². The molecule has 0 heterocycles. The van der Waals surface area contributed by atoms with E-state index in [1.165, 1.54) is 0 Å². The fourth-order valence-electron chi connectivity index (χ4n) is 1.61. The van der Waals surface area contributed by atoms with Crippen LogP contribution in [0.5, 0.6) is 0 Å². The van der Waals surface area contributed by atoms with Crippen LogP contribution < -0.4 is 11.1 Å². The Labute approximate surface area is 116 Å². The minimum absolute atomic E-state index is 0.0802. The van der Waals surface area contributed by atoms with Crippen molar-refractivity contribution in [2.24, 2.45) is 17.1 Å². The van der Waals surface area contributed by atoms with Crippen molar-refractivity contribution >= 4 is 5.91 Å². The molecule has 3 N–H and O–H groups in total. The Morgan fingerprint density at radius 2 is 1.74 bits per heavy atom. The molecular weight excluding hydrogens is 236 g/mol. The monoisotopic (exact) mass is 262 g/mol. The topological polar surface area (TPSA) is 55.1 Å². The van der Waals surface area contributed by atoms with Gasteiger partial charge in [0, 0.05) is 13.1 Å². The number of benzene rings is 1. The number of nitrogens with two attached hydrogens (primary N) is 1. The Morgan fingerprint density at radius 1 is 1.21 bits per heavy atom. The summed E-state index contributed by atoms with van der Waals surface area (Å²) in [5.74, 6) is 0.535. The van der Waals surface area contributed by atoms with Crippen molar-refractivity contribution in [2.45, 2.75) is 40.7 Å². The third-order valence-corrected chi connectivity index (χ3v) is 3.71. The number of amides is 1. The zero-order valence-electron chi connectivity index (χ0n) is 12.5. The number of hydrogen-bond donors (Lipinski definition) is 2. The van der Waals surface area contributed by atoms with Gasteiger partial charge in [-0.15, -0.1) is 0 Å². The molecule has 0 saturated heterocycles. The lowest BCUT2D eigenvalue weighted by Gasteiger charge is -2.27. The van der Waals surface area contributed by atoms with Crippen LogP contribution in [-0.2, 0) is 17.8 Å². The van der Waals surface area contributed by atoms with Crippen LogP contribution in [0, 0.1) is 11.3 Å². The Hall–Kier alpha value is -1.35. The predicted molar refractivity (Wildman–Crippen MR) is 79.7 cm³/mol. The Balaban J connectivity index is 2.42. The van der Waals surface area contributed by atoms with E-state index in [0.29, 0.717) is 18.9 Å². The Morgan fingerprint density at radius 3 is 2.21 bits per heavy atom. The summed E-state index contributed by atoms with van der Waals surface area (Å²) in [6.07, 6.45) is 0.432. The molecule has 1 atom stereocenters. The lowest BCUT2D eigenvalue weighted by molar-refractivity contribution is -0.120. The molecule has 1 aromatic rings. The van der Waals surface area contributed by atoms with Gasteiger partial charge in [-0.05, 0) is 22.5 Å². The molecule has 106 valence electrons. The van der Waals surface area contributed by atoms with Gasteiger partial charge >= 0.3 is 0 Å². The number of carbonyl (C=O) groups excluding carboxylic acids is 1. The van der Waals surface area contributed by atoms with Gasteiger partial charge in [0.2, 0.25) is 5.91 Å². The summed E-state index contributed by atoms with van der Waals surface area (Å²) in [5, 5.41) is 3.00. The molecule has 0 fully saturated rings. The predicted octanol–water partition coefficient (Wildman–Crippen LogP) is 2.49. The van der Waals surface area contributed by atoms with Gasteiger partial charge in [-0.2, -0.15) is 0 Å². The minimum Gasteiger partial charge on any atom is -0.356 e. The molecule has 0 aliphatic heterocycles. The third kappa shape index (κ3) is 5.43. The zero-order chi connectivity index (χ0) is 14.5. The summed E-state index contributed by atoms with van der Waals surface area (Å²) >= 11 is 0. The second-order valence-corrected chi connectivity index (χ2v) is 6.27. The van der Waals surface area contributed by atoms with Crippen molar-refractivity contribution < 1.29 is 4.79 Å². The Bertz CT molecular complexity index is 404. The summed E-state index contributed by atoms with van der Waals surface area (Å²) in [6.45, 7) is 10.00. The zero-order valence-corrected chi connectivity index (χ0v) is 12.5. The van der Waals surface area contributed by atoms with Gasteiger partial charge in [0.25, 0.3) is 0 Å². The van der Waals surface area contributed by atoms with Crippen LogP contribution in [-0.4, -0.2) is 12.5 Å². The second-order valence-electron chi connectivity index (χ2n) is 6.27. The summed E-state index contributed by atoms with van der Waals surface area (Å²) < 4.78 is 0. The molecule has 0 aliphatic carbocycles. The van der Waals surface area contributed by atoms with E-state index in [1.807, 2.05) is 24.3 Å². The van der Waals surface area contributed by atoms with Gasteiger partial charge in [0.15, 0.2) is 0 Å². The second kappa shape index (κ2) is 6.71. The highest BCUT2D eigenvalue weighted by Crippen LogP contribution is 2.24. The van der Waals surface area contributed by atoms with Crippen LogP contribution in [0.4, 0.5) is 0 Å². The average molecular weight is 262 g/mol. The van der Waals surface area contributed by atoms with Crippen LogP contribution in [0.2, 0.25) is 0 Å². The molecule has 1 rings (SSSR count). The fourth-order valence-corrected chi connectivity index (χ4v) is 1.61. The number of carbonyl (C=O) groups is 1. The highest BCUT2D eigenvalue weighted by molar-refractivity contribution is 5.78. The molecule has 0 radical (unpaired) electrons. The minimum atomic E-state index is 0.0802. The van der Waals surface area contributed by atoms with E-state index in [9.17, 15) is 4.79 Å². The van der Waals surface area contributed by atoms with E-state index in [4.69, 9.17) is 5.73 Å². The molecule has 3 heteroatoms. The highest BCUT2D eigenvalue weighted by atomic mass is 16.1. The molecule has 1 amide bonds. The maximum atomic E-state index is 11.9. The summed E-state index contributed by atoms with van der Waals surface area (Å²) in [6, 6.07) is 7.88.